The molecule has 0 atom stereocenters. The van der Waals surface area contributed by atoms with Crippen molar-refractivity contribution in [2.75, 3.05) is 13.3 Å². The summed E-state index contributed by atoms with van der Waals surface area (Å²) in [6.07, 6.45) is 0. The van der Waals surface area contributed by atoms with Crippen LogP contribution in [0.4, 0.5) is 4.79 Å². The van der Waals surface area contributed by atoms with Crippen LogP contribution < -0.4 is 35.0 Å². The quantitative estimate of drug-likeness (QED) is 0.510. The van der Waals surface area contributed by atoms with E-state index in [0.29, 0.717) is 5.56 Å². The number of hydrogen-bond acceptors (Lipinski definition) is 5. The molecular formula is C12H12N3NaO4. The van der Waals surface area contributed by atoms with Crippen LogP contribution in [-0.2, 0) is 9.53 Å². The van der Waals surface area contributed by atoms with Gasteiger partial charge in [-0.2, -0.15) is 0 Å². The van der Waals surface area contributed by atoms with Gasteiger partial charge in [-0.05, 0) is 19.1 Å². The smallest absolute Gasteiger partial charge is 0.461 e. The summed E-state index contributed by atoms with van der Waals surface area (Å²) in [7, 11) is 0. The van der Waals surface area contributed by atoms with Crippen molar-refractivity contribution in [1.29, 1.82) is 0 Å². The fourth-order valence-corrected chi connectivity index (χ4v) is 1.43. The molecule has 7 nitrogen and oxygen atoms in total. The number of carbonyl (C=O) groups is 3. The molecular weight excluding hydrogens is 273 g/mol. The number of nitrogens with one attached hydrogen (secondary N) is 1. The predicted molar refractivity (Wildman–Crippen MR) is 65.1 cm³/mol. The first-order valence-electron chi connectivity index (χ1n) is 5.59. The number of hydrazine groups is 1. The van der Waals surface area contributed by atoms with Gasteiger partial charge >= 0.3 is 35.5 Å². The largest absolute Gasteiger partial charge is 1.00 e. The molecule has 1 N–H and O–H groups in total. The van der Waals surface area contributed by atoms with Gasteiger partial charge in [-0.15, -0.1) is 0 Å². The van der Waals surface area contributed by atoms with Crippen LogP contribution in [0.2, 0.25) is 0 Å². The van der Waals surface area contributed by atoms with Crippen molar-refractivity contribution in [3.05, 3.63) is 40.7 Å². The number of esters is 1. The van der Waals surface area contributed by atoms with E-state index >= 15 is 0 Å². The summed E-state index contributed by atoms with van der Waals surface area (Å²) in [6, 6.07) is 6.07. The molecule has 0 saturated carbocycles. The van der Waals surface area contributed by atoms with Crippen molar-refractivity contribution in [2.45, 2.75) is 6.92 Å². The summed E-state index contributed by atoms with van der Waals surface area (Å²) >= 11 is 0. The number of nitrogens with zero attached hydrogens (tertiary/aromatic N) is 2. The third-order valence-corrected chi connectivity index (χ3v) is 2.48. The van der Waals surface area contributed by atoms with Crippen LogP contribution in [-0.4, -0.2) is 36.2 Å². The number of urea groups is 1. The van der Waals surface area contributed by atoms with E-state index in [1.165, 1.54) is 0 Å². The van der Waals surface area contributed by atoms with Crippen LogP contribution in [0.1, 0.15) is 15.9 Å². The van der Waals surface area contributed by atoms with Gasteiger partial charge in [-0.1, -0.05) is 17.7 Å². The molecule has 0 aliphatic carbocycles. The molecule has 1 heterocycles. The Balaban J connectivity index is 0.00000200. The minimum absolute atomic E-state index is 0. The molecule has 1 saturated heterocycles. The molecule has 1 aliphatic rings. The Labute approximate surface area is 137 Å². The van der Waals surface area contributed by atoms with E-state index in [0.717, 1.165) is 10.6 Å². The number of amides is 3. The van der Waals surface area contributed by atoms with Crippen molar-refractivity contribution in [3.8, 4) is 0 Å². The average molecular weight is 285 g/mol. The first-order valence-corrected chi connectivity index (χ1v) is 5.59. The number of benzene rings is 1. The van der Waals surface area contributed by atoms with Crippen molar-refractivity contribution in [3.63, 3.8) is 0 Å². The monoisotopic (exact) mass is 285 g/mol. The molecule has 0 radical (unpaired) electrons. The molecule has 1 aromatic rings. The van der Waals surface area contributed by atoms with E-state index in [9.17, 15) is 14.4 Å². The number of ether oxygens (including phenoxy) is 1. The zero-order chi connectivity index (χ0) is 13.8. The normalized spacial score (nSPS) is 14.3. The second-order valence-corrected chi connectivity index (χ2v) is 3.98. The molecule has 1 fully saturated rings. The SMILES string of the molecule is Cc1ccc(C(=O)OCN2NCC(=O)[N-]C2=O)cc1.[Na+]. The van der Waals surface area contributed by atoms with Crippen molar-refractivity contribution in [2.24, 2.45) is 0 Å². The Morgan fingerprint density at radius 2 is 2.00 bits per heavy atom. The van der Waals surface area contributed by atoms with Gasteiger partial charge in [0.2, 0.25) is 0 Å². The van der Waals surface area contributed by atoms with Crippen LogP contribution in [0.25, 0.3) is 5.32 Å². The van der Waals surface area contributed by atoms with Crippen LogP contribution in [0.3, 0.4) is 0 Å². The fourth-order valence-electron chi connectivity index (χ4n) is 1.43. The summed E-state index contributed by atoms with van der Waals surface area (Å²) in [4.78, 5) is 33.8. The van der Waals surface area contributed by atoms with E-state index in [1.54, 1.807) is 24.3 Å². The predicted octanol–water partition coefficient (Wildman–Crippen LogP) is -2.05. The van der Waals surface area contributed by atoms with Gasteiger partial charge in [0, 0.05) is 0 Å². The summed E-state index contributed by atoms with van der Waals surface area (Å²) < 4.78 is 4.95. The third kappa shape index (κ3) is 4.31. The second kappa shape index (κ2) is 7.39. The Bertz CT molecular complexity index is 518. The fraction of sp³-hybridized carbons (Fsp3) is 0.250. The van der Waals surface area contributed by atoms with E-state index in [1.807, 2.05) is 6.92 Å². The standard InChI is InChI=1S/C12H13N3O4.Na/c1-8-2-4-9(5-3-8)11(17)19-7-15-12(18)14-10(16)6-13-15;/h2-5,13H,6-7H2,1H3,(H,14,16,18);/q;+1/p-1. The van der Waals surface area contributed by atoms with Gasteiger partial charge in [0.05, 0.1) is 12.1 Å². The van der Waals surface area contributed by atoms with Crippen molar-refractivity contribution in [1.82, 2.24) is 10.4 Å². The maximum atomic E-state index is 11.7. The third-order valence-electron chi connectivity index (χ3n) is 2.48. The summed E-state index contributed by atoms with van der Waals surface area (Å²) in [5.74, 6) is -1.10. The Morgan fingerprint density at radius 3 is 2.60 bits per heavy atom. The maximum absolute atomic E-state index is 11.7. The summed E-state index contributed by atoms with van der Waals surface area (Å²) in [5, 5.41) is 4.19. The molecule has 0 spiro atoms. The van der Waals surface area contributed by atoms with Crippen LogP contribution >= 0.6 is 0 Å². The molecule has 2 rings (SSSR count). The molecule has 1 aromatic carbocycles. The molecule has 8 heteroatoms. The average Bonchev–Trinajstić information content (AvgIpc) is 2.38. The second-order valence-electron chi connectivity index (χ2n) is 3.98. The van der Waals surface area contributed by atoms with Gasteiger partial charge in [0.25, 0.3) is 0 Å². The summed E-state index contributed by atoms with van der Waals surface area (Å²) in [6.45, 7) is 1.51. The van der Waals surface area contributed by atoms with E-state index in [2.05, 4.69) is 10.7 Å². The molecule has 3 amide bonds. The Hall–Kier alpha value is -1.41. The molecule has 100 valence electrons. The number of hydrogen-bond donors (Lipinski definition) is 1. The van der Waals surface area contributed by atoms with Gasteiger partial charge in [-0.25, -0.2) is 4.79 Å². The number of aryl methyl sites for hydroxylation is 1. The minimum Gasteiger partial charge on any atom is -0.461 e. The van der Waals surface area contributed by atoms with Crippen LogP contribution in [0.15, 0.2) is 24.3 Å². The number of carbonyl (C=O) groups excluding carboxylic acids is 3. The minimum atomic E-state index is -0.770. The van der Waals surface area contributed by atoms with Crippen LogP contribution in [0.5, 0.6) is 0 Å². The molecule has 20 heavy (non-hydrogen) atoms. The van der Waals surface area contributed by atoms with Crippen LogP contribution in [0, 0.1) is 6.92 Å². The van der Waals surface area contributed by atoms with Gasteiger partial charge < -0.3 is 15.1 Å². The van der Waals surface area contributed by atoms with Gasteiger partial charge in [-0.3, -0.25) is 15.0 Å². The van der Waals surface area contributed by atoms with Gasteiger partial charge in [0.15, 0.2) is 11.9 Å². The van der Waals surface area contributed by atoms with Gasteiger partial charge in [0.1, 0.15) is 6.73 Å². The van der Waals surface area contributed by atoms with E-state index in [4.69, 9.17) is 4.74 Å². The van der Waals surface area contributed by atoms with Crippen molar-refractivity contribution < 1.29 is 48.7 Å². The molecule has 0 bridgehead atoms. The Morgan fingerprint density at radius 1 is 1.35 bits per heavy atom. The number of imide groups is 1. The topological polar surface area (TPSA) is 89.8 Å². The van der Waals surface area contributed by atoms with E-state index in [-0.39, 0.29) is 42.8 Å². The molecule has 1 aliphatic heterocycles. The zero-order valence-electron chi connectivity index (χ0n) is 11.3. The summed E-state index contributed by atoms with van der Waals surface area (Å²) in [5.41, 5.74) is 3.92. The Kier molecular flexibility index (Phi) is 6.15. The first-order chi connectivity index (χ1) is 9.06. The zero-order valence-corrected chi connectivity index (χ0v) is 13.3. The maximum Gasteiger partial charge on any atom is 1.00 e. The molecule has 0 unspecified atom stereocenters. The van der Waals surface area contributed by atoms with E-state index < -0.39 is 17.9 Å². The number of rotatable bonds is 3. The first kappa shape index (κ1) is 16.6. The van der Waals surface area contributed by atoms with Crippen molar-refractivity contribution >= 4 is 17.9 Å². The molecule has 0 aromatic heterocycles.